The van der Waals surface area contributed by atoms with Crippen LogP contribution < -0.4 is 0 Å². The lowest BCUT2D eigenvalue weighted by atomic mass is 10.5. The third kappa shape index (κ3) is 30.1. The van der Waals surface area contributed by atoms with E-state index in [0.29, 0.717) is 0 Å². The molecular formula is C7H6BO2. The van der Waals surface area contributed by atoms with Gasteiger partial charge in [0.25, 0.3) is 0 Å². The van der Waals surface area contributed by atoms with Crippen molar-refractivity contribution in [2.24, 2.45) is 0 Å². The minimum atomic E-state index is 0. The van der Waals surface area contributed by atoms with E-state index in [1.54, 1.807) is 6.92 Å². The molecule has 0 aliphatic heterocycles. The van der Waals surface area contributed by atoms with Crippen molar-refractivity contribution in [2.75, 3.05) is 0 Å². The first kappa shape index (κ1) is 11.5. The molecule has 2 N–H and O–H groups in total. The molecule has 1 radical (unpaired) electrons. The summed E-state index contributed by atoms with van der Waals surface area (Å²) >= 11 is 0. The van der Waals surface area contributed by atoms with Crippen LogP contribution >= 0.6 is 0 Å². The summed E-state index contributed by atoms with van der Waals surface area (Å²) in [5.41, 5.74) is 0. The highest BCUT2D eigenvalue weighted by atomic mass is 16.4. The van der Waals surface area contributed by atoms with Crippen molar-refractivity contribution in [3.63, 3.8) is 0 Å². The van der Waals surface area contributed by atoms with Gasteiger partial charge in [0.15, 0.2) is 0 Å². The first-order chi connectivity index (χ1) is 4.83. The molecule has 0 saturated heterocycles. The first-order valence-corrected chi connectivity index (χ1v) is 2.31. The van der Waals surface area contributed by atoms with Gasteiger partial charge in [0.2, 0.25) is 0 Å². The Labute approximate surface area is 61.6 Å². The SMILES string of the molecule is C#CC#CC#CC.O[B]O. The molecule has 0 spiro atoms. The highest BCUT2D eigenvalue weighted by molar-refractivity contribution is 6.13. The lowest BCUT2D eigenvalue weighted by molar-refractivity contribution is 0.448. The molecule has 0 fully saturated rings. The lowest BCUT2D eigenvalue weighted by Gasteiger charge is -1.49. The van der Waals surface area contributed by atoms with Crippen LogP contribution in [0.1, 0.15) is 6.92 Å². The summed E-state index contributed by atoms with van der Waals surface area (Å²) in [6.45, 7) is 1.71. The summed E-state index contributed by atoms with van der Waals surface area (Å²) < 4.78 is 0. The molecule has 0 bridgehead atoms. The molecule has 2 nitrogen and oxygen atoms in total. The van der Waals surface area contributed by atoms with Gasteiger partial charge in [-0.15, -0.1) is 6.42 Å². The standard InChI is InChI=1S/C7H4.BH2O2/c1-3-5-7-6-4-2;2-1-3/h1H,2H3;2-3H. The lowest BCUT2D eigenvalue weighted by Crippen LogP contribution is -1.75. The normalized spacial score (nSPS) is 3.80. The molecule has 0 rings (SSSR count). The molecule has 0 saturated carbocycles. The zero-order valence-electron chi connectivity index (χ0n) is 5.55. The number of rotatable bonds is 0. The van der Waals surface area contributed by atoms with Gasteiger partial charge in [-0.2, -0.15) is 0 Å². The van der Waals surface area contributed by atoms with Crippen LogP contribution in [0.4, 0.5) is 0 Å². The number of terminal acetylenes is 1. The second-order valence-corrected chi connectivity index (χ2v) is 0.885. The molecule has 0 aromatic rings. The zero-order chi connectivity index (χ0) is 8.24. The largest absolute Gasteiger partial charge is 0.482 e. The molecule has 0 aliphatic carbocycles. The van der Waals surface area contributed by atoms with Gasteiger partial charge in [-0.3, -0.25) is 0 Å². The molecule has 0 aromatic carbocycles. The van der Waals surface area contributed by atoms with E-state index in [4.69, 9.17) is 16.5 Å². The van der Waals surface area contributed by atoms with Gasteiger partial charge >= 0.3 is 7.69 Å². The smallest absolute Gasteiger partial charge is 0.429 e. The number of hydrogen-bond acceptors (Lipinski definition) is 2. The third-order valence-electron chi connectivity index (χ3n) is 0.322. The van der Waals surface area contributed by atoms with Crippen molar-refractivity contribution in [3.8, 4) is 36.0 Å². The van der Waals surface area contributed by atoms with E-state index in [1.165, 1.54) is 0 Å². The Hall–Kier alpha value is -1.34. The minimum Gasteiger partial charge on any atom is -0.429 e. The van der Waals surface area contributed by atoms with Gasteiger partial charge in [0, 0.05) is 0 Å². The summed E-state index contributed by atoms with van der Waals surface area (Å²) in [6, 6.07) is 0. The van der Waals surface area contributed by atoms with E-state index in [2.05, 4.69) is 29.6 Å². The van der Waals surface area contributed by atoms with E-state index in [1.807, 2.05) is 0 Å². The summed E-state index contributed by atoms with van der Waals surface area (Å²) in [4.78, 5) is 0. The Kier molecular flexibility index (Phi) is 17.9. The molecule has 0 heterocycles. The maximum atomic E-state index is 7.00. The molecule has 0 aromatic heterocycles. The second-order valence-electron chi connectivity index (χ2n) is 0.885. The monoisotopic (exact) mass is 133 g/mol. The Morgan fingerprint density at radius 3 is 2.00 bits per heavy atom. The van der Waals surface area contributed by atoms with Crippen LogP contribution in [0.5, 0.6) is 0 Å². The van der Waals surface area contributed by atoms with Crippen molar-refractivity contribution in [1.29, 1.82) is 0 Å². The second kappa shape index (κ2) is 15.6. The maximum absolute atomic E-state index is 7.00. The predicted octanol–water partition coefficient (Wildman–Crippen LogP) is -0.849. The molecule has 10 heavy (non-hydrogen) atoms. The molecule has 0 atom stereocenters. The molecule has 0 amide bonds. The quantitative estimate of drug-likeness (QED) is 0.333. The van der Waals surface area contributed by atoms with Gasteiger partial charge < -0.3 is 10.0 Å². The fourth-order valence-electron chi connectivity index (χ4n) is 0.130. The molecular weight excluding hydrogens is 127 g/mol. The van der Waals surface area contributed by atoms with Crippen LogP contribution in [0.25, 0.3) is 0 Å². The van der Waals surface area contributed by atoms with Gasteiger partial charge in [-0.25, -0.2) is 0 Å². The van der Waals surface area contributed by atoms with Crippen molar-refractivity contribution in [3.05, 3.63) is 0 Å². The van der Waals surface area contributed by atoms with Gasteiger partial charge in [0.1, 0.15) is 0 Å². The molecule has 49 valence electrons. The molecule has 0 aliphatic rings. The Bertz CT molecular complexity index is 206. The van der Waals surface area contributed by atoms with Crippen LogP contribution in [0, 0.1) is 36.0 Å². The maximum Gasteiger partial charge on any atom is 0.482 e. The fourth-order valence-corrected chi connectivity index (χ4v) is 0.130. The molecule has 0 unspecified atom stereocenters. The average Bonchev–Trinajstić information content (AvgIpc) is 1.91. The van der Waals surface area contributed by atoms with Gasteiger partial charge in [-0.05, 0) is 30.6 Å². The third-order valence-corrected chi connectivity index (χ3v) is 0.322. The Morgan fingerprint density at radius 1 is 1.20 bits per heavy atom. The zero-order valence-corrected chi connectivity index (χ0v) is 5.55. The average molecular weight is 133 g/mol. The van der Waals surface area contributed by atoms with Crippen LogP contribution in [0.15, 0.2) is 0 Å². The van der Waals surface area contributed by atoms with Gasteiger partial charge in [0.05, 0.1) is 0 Å². The van der Waals surface area contributed by atoms with Crippen LogP contribution in [0.2, 0.25) is 0 Å². The van der Waals surface area contributed by atoms with E-state index >= 15 is 0 Å². The van der Waals surface area contributed by atoms with Crippen molar-refractivity contribution in [2.45, 2.75) is 6.92 Å². The summed E-state index contributed by atoms with van der Waals surface area (Å²) in [7, 11) is 0. The van der Waals surface area contributed by atoms with E-state index < -0.39 is 0 Å². The van der Waals surface area contributed by atoms with Gasteiger partial charge in [-0.1, -0.05) is 5.92 Å². The van der Waals surface area contributed by atoms with Crippen molar-refractivity contribution >= 4 is 7.69 Å². The highest BCUT2D eigenvalue weighted by Crippen LogP contribution is 1.48. The highest BCUT2D eigenvalue weighted by Gasteiger charge is 1.51. The predicted molar refractivity (Wildman–Crippen MR) is 40.3 cm³/mol. The Morgan fingerprint density at radius 2 is 1.70 bits per heavy atom. The van der Waals surface area contributed by atoms with E-state index in [0.717, 1.165) is 0 Å². The summed E-state index contributed by atoms with van der Waals surface area (Å²) in [5, 5.41) is 14.0. The van der Waals surface area contributed by atoms with Crippen LogP contribution in [0.3, 0.4) is 0 Å². The Balaban J connectivity index is 0. The van der Waals surface area contributed by atoms with Crippen LogP contribution in [-0.4, -0.2) is 17.7 Å². The number of hydrogen-bond donors (Lipinski definition) is 2. The van der Waals surface area contributed by atoms with Crippen molar-refractivity contribution in [1.82, 2.24) is 0 Å². The molecule has 3 heteroatoms. The summed E-state index contributed by atoms with van der Waals surface area (Å²) in [5.74, 6) is 12.0. The van der Waals surface area contributed by atoms with Crippen molar-refractivity contribution < 1.29 is 10.0 Å². The first-order valence-electron chi connectivity index (χ1n) is 2.31. The van der Waals surface area contributed by atoms with Crippen LogP contribution in [-0.2, 0) is 0 Å². The summed E-state index contributed by atoms with van der Waals surface area (Å²) in [6.07, 6.45) is 4.78. The minimum absolute atomic E-state index is 0. The van der Waals surface area contributed by atoms with E-state index in [-0.39, 0.29) is 7.69 Å². The van der Waals surface area contributed by atoms with E-state index in [9.17, 15) is 0 Å². The topological polar surface area (TPSA) is 40.5 Å². The fraction of sp³-hybridized carbons (Fsp3) is 0.143.